The molecular formula is C30H62. The molecule has 0 saturated carbocycles. The van der Waals surface area contributed by atoms with E-state index in [-0.39, 0.29) is 0 Å². The Bertz CT molecular complexity index is 269. The third-order valence-corrected chi connectivity index (χ3v) is 7.49. The van der Waals surface area contributed by atoms with Gasteiger partial charge in [-0.15, -0.1) is 0 Å². The number of hydrogen-bond donors (Lipinski definition) is 0. The fourth-order valence-corrected chi connectivity index (χ4v) is 5.34. The van der Waals surface area contributed by atoms with Gasteiger partial charge < -0.3 is 0 Å². The highest BCUT2D eigenvalue weighted by Crippen LogP contribution is 2.42. The van der Waals surface area contributed by atoms with E-state index in [1.165, 1.54) is 161 Å². The van der Waals surface area contributed by atoms with Gasteiger partial charge in [-0.2, -0.15) is 0 Å². The van der Waals surface area contributed by atoms with Gasteiger partial charge in [0.1, 0.15) is 0 Å². The van der Waals surface area contributed by atoms with Crippen LogP contribution < -0.4 is 0 Å². The number of hydrogen-bond acceptors (Lipinski definition) is 0. The molecule has 30 heavy (non-hydrogen) atoms. The van der Waals surface area contributed by atoms with Crippen LogP contribution in [0.1, 0.15) is 188 Å². The van der Waals surface area contributed by atoms with Gasteiger partial charge in [-0.25, -0.2) is 0 Å². The second-order valence-corrected chi connectivity index (χ2v) is 10.5. The van der Waals surface area contributed by atoms with Crippen LogP contribution in [0.3, 0.4) is 0 Å². The average molecular weight is 423 g/mol. The maximum atomic E-state index is 2.34. The fourth-order valence-electron chi connectivity index (χ4n) is 5.34. The molecule has 0 nitrogen and oxygen atoms in total. The summed E-state index contributed by atoms with van der Waals surface area (Å²) in [6.45, 7) is 9.36. The largest absolute Gasteiger partial charge is 0.0654 e. The summed E-state index contributed by atoms with van der Waals surface area (Å²) in [7, 11) is 0. The van der Waals surface area contributed by atoms with Gasteiger partial charge in [0.15, 0.2) is 0 Å². The van der Waals surface area contributed by atoms with Crippen LogP contribution in [0.2, 0.25) is 0 Å². The van der Waals surface area contributed by atoms with Crippen LogP contribution in [0.15, 0.2) is 0 Å². The topological polar surface area (TPSA) is 0 Å². The van der Waals surface area contributed by atoms with E-state index in [0.717, 1.165) is 0 Å². The lowest BCUT2D eigenvalue weighted by molar-refractivity contribution is 0.171. The van der Waals surface area contributed by atoms with Crippen molar-refractivity contribution >= 4 is 0 Å². The zero-order chi connectivity index (χ0) is 22.2. The first-order valence-electron chi connectivity index (χ1n) is 14.7. The van der Waals surface area contributed by atoms with E-state index in [2.05, 4.69) is 27.7 Å². The van der Waals surface area contributed by atoms with Gasteiger partial charge in [0, 0.05) is 0 Å². The zero-order valence-corrected chi connectivity index (χ0v) is 22.2. The molecule has 0 heterocycles. The summed E-state index contributed by atoms with van der Waals surface area (Å²) in [5.74, 6) is 0. The van der Waals surface area contributed by atoms with Crippen molar-refractivity contribution in [2.75, 3.05) is 0 Å². The van der Waals surface area contributed by atoms with Crippen LogP contribution in [0.25, 0.3) is 0 Å². The first-order valence-corrected chi connectivity index (χ1v) is 14.7. The van der Waals surface area contributed by atoms with Crippen LogP contribution in [0, 0.1) is 5.41 Å². The van der Waals surface area contributed by atoms with Gasteiger partial charge in [0.05, 0.1) is 0 Å². The van der Waals surface area contributed by atoms with Crippen LogP contribution in [0.5, 0.6) is 0 Å². The minimum absolute atomic E-state index is 0.690. The van der Waals surface area contributed by atoms with Crippen molar-refractivity contribution in [2.45, 2.75) is 188 Å². The summed E-state index contributed by atoms with van der Waals surface area (Å²) >= 11 is 0. The van der Waals surface area contributed by atoms with E-state index >= 15 is 0 Å². The summed E-state index contributed by atoms with van der Waals surface area (Å²) in [5, 5.41) is 0. The smallest absolute Gasteiger partial charge is 0.0297 e. The second-order valence-electron chi connectivity index (χ2n) is 10.5. The normalized spacial score (nSPS) is 12.0. The third kappa shape index (κ3) is 18.7. The molecule has 182 valence electrons. The predicted octanol–water partition coefficient (Wildman–Crippen LogP) is 11.8. The Kier molecular flexibility index (Phi) is 23.7. The lowest BCUT2D eigenvalue weighted by Gasteiger charge is -2.35. The van der Waals surface area contributed by atoms with Crippen molar-refractivity contribution < 1.29 is 0 Å². The Morgan fingerprint density at radius 3 is 0.700 bits per heavy atom. The highest BCUT2D eigenvalue weighted by molar-refractivity contribution is 4.80. The maximum absolute atomic E-state index is 2.34. The highest BCUT2D eigenvalue weighted by atomic mass is 14.3. The molecule has 0 aliphatic heterocycles. The van der Waals surface area contributed by atoms with Crippen LogP contribution in [-0.4, -0.2) is 0 Å². The average Bonchev–Trinajstić information content (AvgIpc) is 2.75. The molecule has 0 amide bonds. The zero-order valence-electron chi connectivity index (χ0n) is 22.2. The molecule has 0 spiro atoms. The standard InChI is InChI=1S/C30H62/c1-5-9-13-17-21-25-29-30(26-22-18-14-10-6-2,27-23-19-15-11-7-3)28-24-20-16-12-8-4/h5-29H2,1-4H3. The van der Waals surface area contributed by atoms with Crippen LogP contribution >= 0.6 is 0 Å². The van der Waals surface area contributed by atoms with E-state index < -0.39 is 0 Å². The molecule has 0 atom stereocenters. The lowest BCUT2D eigenvalue weighted by atomic mass is 9.70. The van der Waals surface area contributed by atoms with Gasteiger partial charge in [-0.05, 0) is 31.1 Å². The molecule has 0 aliphatic carbocycles. The SMILES string of the molecule is CCCCCCCCC(CCCCCCC)(CCCCCCC)CCCCCCC. The molecule has 0 N–H and O–H groups in total. The van der Waals surface area contributed by atoms with Crippen LogP contribution in [-0.2, 0) is 0 Å². The summed E-state index contributed by atoms with van der Waals surface area (Å²) < 4.78 is 0. The number of unbranched alkanes of at least 4 members (excludes halogenated alkanes) is 17. The molecular weight excluding hydrogens is 360 g/mol. The quantitative estimate of drug-likeness (QED) is 0.128. The highest BCUT2D eigenvalue weighted by Gasteiger charge is 2.28. The first-order chi connectivity index (χ1) is 14.7. The van der Waals surface area contributed by atoms with Gasteiger partial charge in [0.25, 0.3) is 0 Å². The molecule has 0 saturated heterocycles. The van der Waals surface area contributed by atoms with Crippen LogP contribution in [0.4, 0.5) is 0 Å². The first kappa shape index (κ1) is 30.0. The predicted molar refractivity (Wildman–Crippen MR) is 141 cm³/mol. The van der Waals surface area contributed by atoms with E-state index in [9.17, 15) is 0 Å². The van der Waals surface area contributed by atoms with Gasteiger partial charge in [0.2, 0.25) is 0 Å². The minimum Gasteiger partial charge on any atom is -0.0654 e. The van der Waals surface area contributed by atoms with Gasteiger partial charge in [-0.1, -0.05) is 163 Å². The van der Waals surface area contributed by atoms with Crippen molar-refractivity contribution in [2.24, 2.45) is 5.41 Å². The van der Waals surface area contributed by atoms with E-state index in [1.807, 2.05) is 0 Å². The van der Waals surface area contributed by atoms with Crippen molar-refractivity contribution in [3.63, 3.8) is 0 Å². The molecule has 0 aromatic heterocycles. The number of rotatable bonds is 25. The summed E-state index contributed by atoms with van der Waals surface area (Å²) in [6, 6.07) is 0. The van der Waals surface area contributed by atoms with E-state index in [0.29, 0.717) is 5.41 Å². The molecule has 0 radical (unpaired) electrons. The molecule has 0 aromatic carbocycles. The van der Waals surface area contributed by atoms with Gasteiger partial charge >= 0.3 is 0 Å². The Hall–Kier alpha value is 0. The third-order valence-electron chi connectivity index (χ3n) is 7.49. The Labute approximate surface area is 193 Å². The Morgan fingerprint density at radius 1 is 0.267 bits per heavy atom. The molecule has 0 unspecified atom stereocenters. The summed E-state index contributed by atoms with van der Waals surface area (Å²) in [6.07, 6.45) is 36.7. The second kappa shape index (κ2) is 23.7. The summed E-state index contributed by atoms with van der Waals surface area (Å²) in [4.78, 5) is 0. The Morgan fingerprint density at radius 2 is 0.467 bits per heavy atom. The van der Waals surface area contributed by atoms with Crippen molar-refractivity contribution in [3.8, 4) is 0 Å². The molecule has 0 aliphatic rings. The van der Waals surface area contributed by atoms with Gasteiger partial charge in [-0.3, -0.25) is 0 Å². The molecule has 0 bridgehead atoms. The van der Waals surface area contributed by atoms with Crippen molar-refractivity contribution in [3.05, 3.63) is 0 Å². The molecule has 0 fully saturated rings. The maximum Gasteiger partial charge on any atom is -0.0297 e. The molecule has 0 rings (SSSR count). The monoisotopic (exact) mass is 422 g/mol. The summed E-state index contributed by atoms with van der Waals surface area (Å²) in [5.41, 5.74) is 0.690. The van der Waals surface area contributed by atoms with Crippen molar-refractivity contribution in [1.29, 1.82) is 0 Å². The van der Waals surface area contributed by atoms with E-state index in [1.54, 1.807) is 0 Å². The lowest BCUT2D eigenvalue weighted by Crippen LogP contribution is -2.21. The van der Waals surface area contributed by atoms with Crippen molar-refractivity contribution in [1.82, 2.24) is 0 Å². The molecule has 0 heteroatoms. The minimum atomic E-state index is 0.690. The fraction of sp³-hybridized carbons (Fsp3) is 1.00. The molecule has 0 aromatic rings. The van der Waals surface area contributed by atoms with E-state index in [4.69, 9.17) is 0 Å². The Balaban J connectivity index is 4.69.